The third-order valence-corrected chi connectivity index (χ3v) is 2.02. The molecule has 0 saturated heterocycles. The summed E-state index contributed by atoms with van der Waals surface area (Å²) in [4.78, 5) is 22.6. The summed E-state index contributed by atoms with van der Waals surface area (Å²) in [6, 6.07) is 1.46. The minimum atomic E-state index is -0.449. The molecule has 1 aromatic rings. The normalized spacial score (nSPS) is 10.1. The Morgan fingerprint density at radius 3 is 2.80 bits per heavy atom. The summed E-state index contributed by atoms with van der Waals surface area (Å²) in [5.74, 6) is -0.449. The molecule has 0 atom stereocenters. The number of hydrogen-bond donors (Lipinski definition) is 0. The largest absolute Gasteiger partial charge is 0.465 e. The molecule has 5 heteroatoms. The zero-order valence-corrected chi connectivity index (χ0v) is 9.11. The molecule has 0 aliphatic carbocycles. The molecule has 15 heavy (non-hydrogen) atoms. The van der Waals surface area contributed by atoms with Crippen molar-refractivity contribution in [2.75, 3.05) is 6.61 Å². The second-order valence-electron chi connectivity index (χ2n) is 3.21. The fourth-order valence-electron chi connectivity index (χ4n) is 1.12. The Morgan fingerprint density at radius 2 is 2.20 bits per heavy atom. The van der Waals surface area contributed by atoms with Crippen LogP contribution in [-0.2, 0) is 16.1 Å². The van der Waals surface area contributed by atoms with Gasteiger partial charge in [0, 0.05) is 6.07 Å². The molecule has 1 rings (SSSR count). The second-order valence-corrected chi connectivity index (χ2v) is 3.21. The van der Waals surface area contributed by atoms with E-state index in [4.69, 9.17) is 4.74 Å². The molecular weight excluding hydrogens is 196 g/mol. The van der Waals surface area contributed by atoms with Crippen molar-refractivity contribution >= 4 is 5.97 Å². The van der Waals surface area contributed by atoms with E-state index in [9.17, 15) is 9.59 Å². The maximum absolute atomic E-state index is 11.4. The van der Waals surface area contributed by atoms with E-state index < -0.39 is 5.97 Å². The monoisotopic (exact) mass is 210 g/mol. The summed E-state index contributed by atoms with van der Waals surface area (Å²) in [6.07, 6.45) is 0. The van der Waals surface area contributed by atoms with E-state index in [0.717, 1.165) is 15.9 Å². The lowest BCUT2D eigenvalue weighted by Crippen LogP contribution is -2.28. The van der Waals surface area contributed by atoms with Gasteiger partial charge in [-0.05, 0) is 26.3 Å². The van der Waals surface area contributed by atoms with Gasteiger partial charge >= 0.3 is 5.97 Å². The Balaban J connectivity index is 2.91. The topological polar surface area (TPSA) is 61.2 Å². The van der Waals surface area contributed by atoms with Gasteiger partial charge < -0.3 is 4.74 Å². The van der Waals surface area contributed by atoms with E-state index in [2.05, 4.69) is 5.10 Å². The molecule has 0 saturated carbocycles. The minimum absolute atomic E-state index is 0.131. The zero-order valence-electron chi connectivity index (χ0n) is 9.11. The fraction of sp³-hybridized carbons (Fsp3) is 0.500. The molecule has 0 aliphatic rings. The van der Waals surface area contributed by atoms with Crippen LogP contribution in [0.3, 0.4) is 0 Å². The molecule has 0 fully saturated rings. The first-order valence-corrected chi connectivity index (χ1v) is 4.75. The van der Waals surface area contributed by atoms with Crippen LogP contribution in [0.15, 0.2) is 10.9 Å². The Bertz CT molecular complexity index is 423. The average molecular weight is 210 g/mol. The van der Waals surface area contributed by atoms with Gasteiger partial charge in [0.2, 0.25) is 0 Å². The highest BCUT2D eigenvalue weighted by Crippen LogP contribution is 1.97. The molecule has 0 unspecified atom stereocenters. The Hall–Kier alpha value is -1.65. The molecule has 0 radical (unpaired) electrons. The van der Waals surface area contributed by atoms with Crippen LogP contribution in [0.1, 0.15) is 18.2 Å². The Kier molecular flexibility index (Phi) is 3.60. The van der Waals surface area contributed by atoms with Crippen molar-refractivity contribution in [3.63, 3.8) is 0 Å². The third-order valence-electron chi connectivity index (χ3n) is 2.02. The smallest absolute Gasteiger partial charge is 0.327 e. The van der Waals surface area contributed by atoms with Crippen molar-refractivity contribution in [2.45, 2.75) is 27.3 Å². The van der Waals surface area contributed by atoms with Gasteiger partial charge in [0.15, 0.2) is 0 Å². The maximum atomic E-state index is 11.4. The van der Waals surface area contributed by atoms with Crippen molar-refractivity contribution in [1.82, 2.24) is 9.78 Å². The first-order valence-electron chi connectivity index (χ1n) is 4.75. The van der Waals surface area contributed by atoms with Gasteiger partial charge in [-0.2, -0.15) is 5.10 Å². The number of aryl methyl sites for hydroxylation is 2. The first kappa shape index (κ1) is 11.4. The summed E-state index contributed by atoms with van der Waals surface area (Å²) in [5, 5.41) is 4.00. The van der Waals surface area contributed by atoms with E-state index in [1.807, 2.05) is 0 Å². The van der Waals surface area contributed by atoms with Crippen LogP contribution in [0.25, 0.3) is 0 Å². The minimum Gasteiger partial charge on any atom is -0.465 e. The fourth-order valence-corrected chi connectivity index (χ4v) is 1.12. The van der Waals surface area contributed by atoms with Gasteiger partial charge in [0.25, 0.3) is 5.56 Å². The van der Waals surface area contributed by atoms with E-state index in [-0.39, 0.29) is 12.1 Å². The highest BCUT2D eigenvalue weighted by Gasteiger charge is 2.07. The number of rotatable bonds is 3. The molecule has 1 aromatic heterocycles. The summed E-state index contributed by atoms with van der Waals surface area (Å²) in [5.41, 5.74) is 1.27. The number of nitrogens with zero attached hydrogens (tertiary/aromatic N) is 2. The van der Waals surface area contributed by atoms with Crippen LogP contribution in [0.4, 0.5) is 0 Å². The summed E-state index contributed by atoms with van der Waals surface area (Å²) >= 11 is 0. The van der Waals surface area contributed by atoms with Crippen LogP contribution in [0, 0.1) is 13.8 Å². The van der Waals surface area contributed by atoms with Gasteiger partial charge in [-0.15, -0.1) is 0 Å². The van der Waals surface area contributed by atoms with Gasteiger partial charge in [0.1, 0.15) is 6.54 Å². The average Bonchev–Trinajstić information content (AvgIpc) is 2.14. The highest BCUT2D eigenvalue weighted by atomic mass is 16.5. The number of carbonyl (C=O) groups is 1. The Morgan fingerprint density at radius 1 is 1.53 bits per heavy atom. The number of ether oxygens (including phenoxy) is 1. The molecule has 0 amide bonds. The summed E-state index contributed by atoms with van der Waals surface area (Å²) in [6.45, 7) is 5.48. The third kappa shape index (κ3) is 2.90. The van der Waals surface area contributed by atoms with Crippen molar-refractivity contribution in [2.24, 2.45) is 0 Å². The number of carbonyl (C=O) groups excluding carboxylic acids is 1. The number of hydrogen-bond acceptors (Lipinski definition) is 4. The molecule has 0 aromatic carbocycles. The zero-order chi connectivity index (χ0) is 11.4. The number of esters is 1. The predicted molar refractivity (Wildman–Crippen MR) is 54.6 cm³/mol. The Labute approximate surface area is 87.7 Å². The predicted octanol–water partition coefficient (Wildman–Crippen LogP) is 0.423. The first-order chi connectivity index (χ1) is 7.04. The van der Waals surface area contributed by atoms with Gasteiger partial charge in [0.05, 0.1) is 12.3 Å². The van der Waals surface area contributed by atoms with E-state index in [0.29, 0.717) is 6.61 Å². The lowest BCUT2D eigenvalue weighted by molar-refractivity contribution is -0.144. The van der Waals surface area contributed by atoms with Crippen molar-refractivity contribution in [3.8, 4) is 0 Å². The molecule has 5 nitrogen and oxygen atoms in total. The highest BCUT2D eigenvalue weighted by molar-refractivity contribution is 5.68. The van der Waals surface area contributed by atoms with Crippen LogP contribution in [-0.4, -0.2) is 22.4 Å². The molecule has 0 aliphatic heterocycles. The van der Waals surface area contributed by atoms with Crippen molar-refractivity contribution in [3.05, 3.63) is 27.7 Å². The van der Waals surface area contributed by atoms with Gasteiger partial charge in [-0.25, -0.2) is 4.68 Å². The van der Waals surface area contributed by atoms with E-state index in [1.165, 1.54) is 6.07 Å². The molecule has 0 N–H and O–H groups in total. The summed E-state index contributed by atoms with van der Waals surface area (Å²) in [7, 11) is 0. The van der Waals surface area contributed by atoms with Crippen LogP contribution < -0.4 is 5.56 Å². The van der Waals surface area contributed by atoms with Crippen LogP contribution >= 0.6 is 0 Å². The van der Waals surface area contributed by atoms with Crippen molar-refractivity contribution < 1.29 is 9.53 Å². The van der Waals surface area contributed by atoms with Crippen LogP contribution in [0.5, 0.6) is 0 Å². The summed E-state index contributed by atoms with van der Waals surface area (Å²) < 4.78 is 5.84. The van der Waals surface area contributed by atoms with E-state index >= 15 is 0 Å². The maximum Gasteiger partial charge on any atom is 0.327 e. The second kappa shape index (κ2) is 4.72. The lowest BCUT2D eigenvalue weighted by atomic mass is 10.2. The number of aromatic nitrogens is 2. The quantitative estimate of drug-likeness (QED) is 0.678. The molecule has 0 bridgehead atoms. The van der Waals surface area contributed by atoms with E-state index in [1.54, 1.807) is 20.8 Å². The molecule has 82 valence electrons. The molecule has 1 heterocycles. The molecular formula is C10H14N2O3. The van der Waals surface area contributed by atoms with Gasteiger partial charge in [-0.1, -0.05) is 0 Å². The van der Waals surface area contributed by atoms with Crippen LogP contribution in [0.2, 0.25) is 0 Å². The van der Waals surface area contributed by atoms with Crippen molar-refractivity contribution in [1.29, 1.82) is 0 Å². The van der Waals surface area contributed by atoms with Gasteiger partial charge in [-0.3, -0.25) is 9.59 Å². The molecule has 0 spiro atoms. The lowest BCUT2D eigenvalue weighted by Gasteiger charge is -2.06. The standard InChI is InChI=1S/C10H14N2O3/c1-4-15-10(14)6-12-9(13)5-7(2)8(3)11-12/h5H,4,6H2,1-3H3. The SMILES string of the molecule is CCOC(=O)Cn1nc(C)c(C)cc1=O.